The molecule has 2 atom stereocenters. The summed E-state index contributed by atoms with van der Waals surface area (Å²) in [4.78, 5) is 4.48. The van der Waals surface area contributed by atoms with E-state index in [4.69, 9.17) is 0 Å². The van der Waals surface area contributed by atoms with Gasteiger partial charge in [0.25, 0.3) is 0 Å². The lowest BCUT2D eigenvalue weighted by molar-refractivity contribution is -0.274. The van der Waals surface area contributed by atoms with Gasteiger partial charge in [0.1, 0.15) is 5.75 Å². The van der Waals surface area contributed by atoms with Gasteiger partial charge >= 0.3 is 6.36 Å². The van der Waals surface area contributed by atoms with Crippen LogP contribution in [0.5, 0.6) is 5.75 Å². The zero-order valence-electron chi connectivity index (χ0n) is 14.2. The van der Waals surface area contributed by atoms with Crippen molar-refractivity contribution in [2.24, 2.45) is 0 Å². The zero-order chi connectivity index (χ0) is 18.4. The Labute approximate surface area is 149 Å². The van der Waals surface area contributed by atoms with Crippen LogP contribution in [0.25, 0.3) is 0 Å². The van der Waals surface area contributed by atoms with Gasteiger partial charge in [-0.3, -0.25) is 4.98 Å². The van der Waals surface area contributed by atoms with Crippen LogP contribution in [-0.2, 0) is 11.8 Å². The Hall–Kier alpha value is -2.08. The summed E-state index contributed by atoms with van der Waals surface area (Å²) in [7, 11) is 0. The summed E-state index contributed by atoms with van der Waals surface area (Å²) in [6.45, 7) is 0. The molecule has 2 unspecified atom stereocenters. The molecular formula is C20H20F3NO2. The van der Waals surface area contributed by atoms with Crippen LogP contribution in [0.3, 0.4) is 0 Å². The van der Waals surface area contributed by atoms with Gasteiger partial charge in [0, 0.05) is 23.2 Å². The van der Waals surface area contributed by atoms with Crippen LogP contribution in [0.15, 0.2) is 42.6 Å². The van der Waals surface area contributed by atoms with E-state index in [1.807, 2.05) is 12.1 Å². The Morgan fingerprint density at radius 3 is 2.50 bits per heavy atom. The average Bonchev–Trinajstić information content (AvgIpc) is 2.98. The van der Waals surface area contributed by atoms with E-state index in [0.717, 1.165) is 43.4 Å². The molecule has 0 aliphatic heterocycles. The fourth-order valence-electron chi connectivity index (χ4n) is 4.44. The fourth-order valence-corrected chi connectivity index (χ4v) is 4.44. The number of hydrogen-bond donors (Lipinski definition) is 1. The molecule has 0 amide bonds. The Kier molecular flexibility index (Phi) is 4.18. The summed E-state index contributed by atoms with van der Waals surface area (Å²) in [5.74, 6) is -0.268. The minimum Gasteiger partial charge on any atom is -0.406 e. The molecule has 1 N–H and O–H groups in total. The third-order valence-electron chi connectivity index (χ3n) is 5.86. The van der Waals surface area contributed by atoms with E-state index in [2.05, 4.69) is 9.72 Å². The number of pyridine rings is 1. The molecule has 1 aromatic carbocycles. The van der Waals surface area contributed by atoms with Crippen LogP contribution >= 0.6 is 0 Å². The van der Waals surface area contributed by atoms with Gasteiger partial charge in [0.2, 0.25) is 0 Å². The number of nitrogens with zero attached hydrogens (tertiary/aromatic N) is 1. The summed E-state index contributed by atoms with van der Waals surface area (Å²) < 4.78 is 41.0. The van der Waals surface area contributed by atoms with E-state index in [9.17, 15) is 18.3 Å². The third kappa shape index (κ3) is 2.96. The molecule has 0 radical (unpaired) electrons. The maximum Gasteiger partial charge on any atom is 0.573 e. The van der Waals surface area contributed by atoms with Crippen LogP contribution in [0.1, 0.15) is 48.4 Å². The highest BCUT2D eigenvalue weighted by Crippen LogP contribution is 2.52. The third-order valence-corrected chi connectivity index (χ3v) is 5.86. The number of benzene rings is 1. The topological polar surface area (TPSA) is 42.4 Å². The SMILES string of the molecule is OC(C1CCc2cccnc21)C1(c2ccc(OC(F)(F)F)cc2)CCC1. The number of aromatic nitrogens is 1. The predicted molar refractivity (Wildman–Crippen MR) is 90.0 cm³/mol. The summed E-state index contributed by atoms with van der Waals surface area (Å²) in [5, 5.41) is 11.2. The molecule has 6 heteroatoms. The van der Waals surface area contributed by atoms with Crippen LogP contribution in [0, 0.1) is 0 Å². The van der Waals surface area contributed by atoms with Crippen LogP contribution in [-0.4, -0.2) is 22.6 Å². The van der Waals surface area contributed by atoms with Gasteiger partial charge in [-0.25, -0.2) is 0 Å². The van der Waals surface area contributed by atoms with Crippen molar-refractivity contribution in [2.75, 3.05) is 0 Å². The lowest BCUT2D eigenvalue weighted by atomic mass is 9.58. The van der Waals surface area contributed by atoms with E-state index in [-0.39, 0.29) is 11.7 Å². The van der Waals surface area contributed by atoms with Crippen molar-refractivity contribution in [1.29, 1.82) is 0 Å². The highest BCUT2D eigenvalue weighted by Gasteiger charge is 2.49. The summed E-state index contributed by atoms with van der Waals surface area (Å²) >= 11 is 0. The molecule has 26 heavy (non-hydrogen) atoms. The van der Waals surface area contributed by atoms with E-state index in [1.54, 1.807) is 18.3 Å². The van der Waals surface area contributed by atoms with Gasteiger partial charge in [-0.05, 0) is 55.0 Å². The van der Waals surface area contributed by atoms with Crippen LogP contribution in [0.4, 0.5) is 13.2 Å². The highest BCUT2D eigenvalue weighted by atomic mass is 19.4. The molecule has 1 saturated carbocycles. The van der Waals surface area contributed by atoms with Crippen molar-refractivity contribution in [3.05, 3.63) is 59.4 Å². The quantitative estimate of drug-likeness (QED) is 0.870. The number of halogens is 3. The lowest BCUT2D eigenvalue weighted by Crippen LogP contribution is -2.48. The first kappa shape index (κ1) is 17.3. The van der Waals surface area contributed by atoms with Crippen LogP contribution < -0.4 is 4.74 Å². The van der Waals surface area contributed by atoms with Gasteiger partial charge in [-0.2, -0.15) is 0 Å². The van der Waals surface area contributed by atoms with Crippen molar-refractivity contribution >= 4 is 0 Å². The molecule has 2 aromatic rings. The largest absolute Gasteiger partial charge is 0.573 e. The molecule has 0 saturated heterocycles. The molecule has 1 heterocycles. The van der Waals surface area contributed by atoms with E-state index < -0.39 is 17.9 Å². The van der Waals surface area contributed by atoms with Crippen molar-refractivity contribution in [3.63, 3.8) is 0 Å². The van der Waals surface area contributed by atoms with Crippen LogP contribution in [0.2, 0.25) is 0 Å². The minimum atomic E-state index is -4.70. The number of hydrogen-bond acceptors (Lipinski definition) is 3. The lowest BCUT2D eigenvalue weighted by Gasteiger charge is -2.48. The highest BCUT2D eigenvalue weighted by molar-refractivity contribution is 5.38. The number of aliphatic hydroxyl groups excluding tert-OH is 1. The molecule has 1 fully saturated rings. The number of aliphatic hydroxyl groups is 1. The summed E-state index contributed by atoms with van der Waals surface area (Å²) in [5.41, 5.74) is 2.60. The van der Waals surface area contributed by atoms with Gasteiger partial charge in [0.05, 0.1) is 6.10 Å². The van der Waals surface area contributed by atoms with Gasteiger partial charge < -0.3 is 9.84 Å². The second-order valence-electron chi connectivity index (χ2n) is 7.22. The number of rotatable bonds is 4. The maximum atomic E-state index is 12.4. The minimum absolute atomic E-state index is 0.0300. The molecular weight excluding hydrogens is 343 g/mol. The van der Waals surface area contributed by atoms with Crippen molar-refractivity contribution in [3.8, 4) is 5.75 Å². The normalized spacial score (nSPS) is 22.4. The number of alkyl halides is 3. The second kappa shape index (κ2) is 6.27. The molecule has 4 rings (SSSR count). The van der Waals surface area contributed by atoms with Crippen molar-refractivity contribution in [1.82, 2.24) is 4.98 Å². The van der Waals surface area contributed by atoms with Gasteiger partial charge in [-0.15, -0.1) is 13.2 Å². The Balaban J connectivity index is 1.60. The molecule has 138 valence electrons. The maximum absolute atomic E-state index is 12.4. The van der Waals surface area contributed by atoms with Gasteiger partial charge in [-0.1, -0.05) is 24.6 Å². The second-order valence-corrected chi connectivity index (χ2v) is 7.22. The predicted octanol–water partition coefficient (Wildman–Crippen LogP) is 4.49. The number of fused-ring (bicyclic) bond motifs is 1. The molecule has 2 aliphatic rings. The molecule has 3 nitrogen and oxygen atoms in total. The van der Waals surface area contributed by atoms with Gasteiger partial charge in [0.15, 0.2) is 0 Å². The first-order valence-electron chi connectivity index (χ1n) is 8.87. The Morgan fingerprint density at radius 2 is 1.88 bits per heavy atom. The number of ether oxygens (including phenoxy) is 1. The Morgan fingerprint density at radius 1 is 1.15 bits per heavy atom. The van der Waals surface area contributed by atoms with E-state index in [1.165, 1.54) is 17.7 Å². The number of aryl methyl sites for hydroxylation is 1. The Bertz CT molecular complexity index is 784. The van der Waals surface area contributed by atoms with Crippen molar-refractivity contribution < 1.29 is 23.0 Å². The first-order chi connectivity index (χ1) is 12.4. The van der Waals surface area contributed by atoms with Crippen molar-refractivity contribution in [2.45, 2.75) is 55.9 Å². The fraction of sp³-hybridized carbons (Fsp3) is 0.450. The monoisotopic (exact) mass is 363 g/mol. The molecule has 1 aromatic heterocycles. The first-order valence-corrected chi connectivity index (χ1v) is 8.87. The average molecular weight is 363 g/mol. The standard InChI is InChI=1S/C20H20F3NO2/c21-20(22,23)26-15-7-5-14(6-8-15)19(10-2-11-19)18(25)16-9-4-13-3-1-12-24-17(13)16/h1,3,5-8,12,16,18,25H,2,4,9-11H2. The smallest absolute Gasteiger partial charge is 0.406 e. The molecule has 0 bridgehead atoms. The molecule has 0 spiro atoms. The molecule has 2 aliphatic carbocycles. The summed E-state index contributed by atoms with van der Waals surface area (Å²) in [6, 6.07) is 9.92. The summed E-state index contributed by atoms with van der Waals surface area (Å²) in [6.07, 6.45) is 0.860. The zero-order valence-corrected chi connectivity index (χ0v) is 14.2. The van der Waals surface area contributed by atoms with E-state index in [0.29, 0.717) is 0 Å². The van der Waals surface area contributed by atoms with E-state index >= 15 is 0 Å².